The third kappa shape index (κ3) is 11.1. The Bertz CT molecular complexity index is 1660. The van der Waals surface area contributed by atoms with E-state index in [1.165, 1.54) is 29.5 Å². The van der Waals surface area contributed by atoms with Crippen molar-refractivity contribution in [1.82, 2.24) is 15.2 Å². The number of nitrogens with one attached hydrogen (secondary N) is 1. The molecule has 3 aromatic carbocycles. The number of anilines is 1. The average Bonchev–Trinajstić information content (AvgIpc) is 3.59. The predicted molar refractivity (Wildman–Crippen MR) is 190 cm³/mol. The number of ether oxygens (including phenoxy) is 1. The number of unbranched alkanes of at least 4 members (excludes halogenated alkanes) is 1. The standard InChI is InChI=1S/C34H38Cl2N4OS.C2HF3O2/c35-31-12-7-25(21-32(31)36)22-39-17-14-29(15-18-39)37-16-3-4-20-41-30-10-8-27(9-11-30)33-24-42-34(38-33)40-19-13-26-5-1-2-6-28(26)23-40;3-2(4,5)1(6)7/h1-2,5-12,21,24,29,37H,3-4,13-20,22-23H2;(H,6,7). The number of carboxylic acid groups (broad SMARTS) is 1. The lowest BCUT2D eigenvalue weighted by atomic mass is 10.0. The van der Waals surface area contributed by atoms with E-state index < -0.39 is 12.1 Å². The van der Waals surface area contributed by atoms with Crippen LogP contribution >= 0.6 is 34.5 Å². The minimum Gasteiger partial charge on any atom is -0.494 e. The number of aromatic nitrogens is 1. The molecule has 262 valence electrons. The van der Waals surface area contributed by atoms with Gasteiger partial charge in [-0.05, 0) is 105 Å². The maximum Gasteiger partial charge on any atom is 0.490 e. The summed E-state index contributed by atoms with van der Waals surface area (Å²) < 4.78 is 37.8. The van der Waals surface area contributed by atoms with E-state index in [1.54, 1.807) is 11.3 Å². The average molecular weight is 736 g/mol. The lowest BCUT2D eigenvalue weighted by Gasteiger charge is -2.32. The van der Waals surface area contributed by atoms with Crippen molar-refractivity contribution in [3.63, 3.8) is 0 Å². The molecule has 2 aliphatic rings. The number of fused-ring (bicyclic) bond motifs is 1. The van der Waals surface area contributed by atoms with Crippen molar-refractivity contribution in [3.8, 4) is 17.0 Å². The molecule has 1 aromatic heterocycles. The highest BCUT2D eigenvalue weighted by Crippen LogP contribution is 2.32. The highest BCUT2D eigenvalue weighted by molar-refractivity contribution is 7.14. The lowest BCUT2D eigenvalue weighted by molar-refractivity contribution is -0.192. The van der Waals surface area contributed by atoms with Gasteiger partial charge in [-0.25, -0.2) is 9.78 Å². The van der Waals surface area contributed by atoms with E-state index in [-0.39, 0.29) is 0 Å². The smallest absolute Gasteiger partial charge is 0.490 e. The Kier molecular flexibility index (Phi) is 13.2. The normalized spacial score (nSPS) is 15.3. The number of halogens is 5. The number of carboxylic acids is 1. The monoisotopic (exact) mass is 734 g/mol. The number of alkyl halides is 3. The van der Waals surface area contributed by atoms with E-state index in [9.17, 15) is 13.2 Å². The summed E-state index contributed by atoms with van der Waals surface area (Å²) in [5.74, 6) is -1.84. The zero-order chi connectivity index (χ0) is 34.8. The molecule has 49 heavy (non-hydrogen) atoms. The molecule has 1 fully saturated rings. The van der Waals surface area contributed by atoms with Gasteiger partial charge in [-0.3, -0.25) is 4.90 Å². The number of thiazole rings is 1. The van der Waals surface area contributed by atoms with Gasteiger partial charge in [-0.15, -0.1) is 11.3 Å². The summed E-state index contributed by atoms with van der Waals surface area (Å²) in [4.78, 5) is 18.7. The van der Waals surface area contributed by atoms with E-state index >= 15 is 0 Å². The third-order valence-electron chi connectivity index (χ3n) is 8.54. The first-order valence-electron chi connectivity index (χ1n) is 16.3. The van der Waals surface area contributed by atoms with Crippen molar-refractivity contribution >= 4 is 45.6 Å². The minimum absolute atomic E-state index is 0.598. The van der Waals surface area contributed by atoms with Crippen LogP contribution in [0, 0.1) is 0 Å². The quantitative estimate of drug-likeness (QED) is 0.149. The fourth-order valence-electron chi connectivity index (χ4n) is 5.84. The summed E-state index contributed by atoms with van der Waals surface area (Å²) in [6.07, 6.45) is 0.505. The Morgan fingerprint density at radius 3 is 2.39 bits per heavy atom. The molecule has 0 amide bonds. The van der Waals surface area contributed by atoms with Crippen molar-refractivity contribution in [2.75, 3.05) is 37.7 Å². The number of benzene rings is 3. The van der Waals surface area contributed by atoms with Crippen molar-refractivity contribution < 1.29 is 27.8 Å². The Labute approximate surface area is 298 Å². The number of aliphatic carboxylic acids is 1. The van der Waals surface area contributed by atoms with E-state index in [2.05, 4.69) is 75.1 Å². The molecule has 0 atom stereocenters. The van der Waals surface area contributed by atoms with Crippen LogP contribution in [0.3, 0.4) is 0 Å². The van der Waals surface area contributed by atoms with Crippen LogP contribution in [-0.2, 0) is 24.3 Å². The van der Waals surface area contributed by atoms with Gasteiger partial charge < -0.3 is 20.1 Å². The number of nitrogens with zero attached hydrogens (tertiary/aromatic N) is 3. The molecule has 13 heteroatoms. The summed E-state index contributed by atoms with van der Waals surface area (Å²) in [5.41, 5.74) is 6.27. The van der Waals surface area contributed by atoms with Gasteiger partial charge in [0.1, 0.15) is 5.75 Å². The van der Waals surface area contributed by atoms with Crippen LogP contribution in [0.25, 0.3) is 11.3 Å². The predicted octanol–water partition coefficient (Wildman–Crippen LogP) is 8.73. The van der Waals surface area contributed by atoms with Crippen LogP contribution in [0.4, 0.5) is 18.3 Å². The largest absolute Gasteiger partial charge is 0.494 e. The molecular weight excluding hydrogens is 696 g/mol. The van der Waals surface area contributed by atoms with E-state index in [0.29, 0.717) is 16.1 Å². The van der Waals surface area contributed by atoms with Gasteiger partial charge in [0, 0.05) is 36.6 Å². The molecule has 3 heterocycles. The highest BCUT2D eigenvalue weighted by Gasteiger charge is 2.38. The summed E-state index contributed by atoms with van der Waals surface area (Å²) >= 11 is 14.0. The number of piperidine rings is 1. The molecule has 0 radical (unpaired) electrons. The molecule has 0 saturated carbocycles. The van der Waals surface area contributed by atoms with Gasteiger partial charge in [0.15, 0.2) is 5.13 Å². The van der Waals surface area contributed by atoms with Crippen LogP contribution in [0.1, 0.15) is 42.4 Å². The van der Waals surface area contributed by atoms with Crippen LogP contribution in [0.2, 0.25) is 10.0 Å². The first-order chi connectivity index (χ1) is 23.5. The number of rotatable bonds is 11. The maximum atomic E-state index is 10.6. The molecule has 0 aliphatic carbocycles. The SMILES string of the molecule is Clc1ccc(CN2CCC(NCCCCOc3ccc(-c4csc(N5CCc6ccccc6C5)n4)cc3)CC2)cc1Cl.O=C(O)C(F)(F)F. The zero-order valence-electron chi connectivity index (χ0n) is 26.9. The molecular formula is C36H39Cl2F3N4O3S. The Balaban J connectivity index is 0.000000606. The number of hydrogen-bond acceptors (Lipinski definition) is 7. The second-order valence-corrected chi connectivity index (χ2v) is 13.7. The van der Waals surface area contributed by atoms with Gasteiger partial charge in [-0.2, -0.15) is 13.2 Å². The van der Waals surface area contributed by atoms with Crippen LogP contribution < -0.4 is 15.0 Å². The minimum atomic E-state index is -5.08. The molecule has 0 unspecified atom stereocenters. The number of hydrogen-bond donors (Lipinski definition) is 2. The van der Waals surface area contributed by atoms with Crippen LogP contribution in [0.5, 0.6) is 5.75 Å². The molecule has 0 spiro atoms. The van der Waals surface area contributed by atoms with Gasteiger partial charge in [0.05, 0.1) is 22.3 Å². The van der Waals surface area contributed by atoms with Crippen molar-refractivity contribution in [1.29, 1.82) is 0 Å². The molecule has 1 saturated heterocycles. The molecule has 2 N–H and O–H groups in total. The number of carbonyl (C=O) groups is 1. The second kappa shape index (κ2) is 17.5. The highest BCUT2D eigenvalue weighted by atomic mass is 35.5. The first-order valence-corrected chi connectivity index (χ1v) is 17.9. The van der Waals surface area contributed by atoms with Crippen LogP contribution in [0.15, 0.2) is 72.1 Å². The number of likely N-dealkylation sites (tertiary alicyclic amines) is 1. The maximum absolute atomic E-state index is 10.6. The summed E-state index contributed by atoms with van der Waals surface area (Å²) in [7, 11) is 0. The molecule has 6 rings (SSSR count). The zero-order valence-corrected chi connectivity index (χ0v) is 29.2. The van der Waals surface area contributed by atoms with Gasteiger partial charge >= 0.3 is 12.1 Å². The Hall–Kier alpha value is -3.35. The van der Waals surface area contributed by atoms with Gasteiger partial charge in [0.25, 0.3) is 0 Å². The van der Waals surface area contributed by atoms with E-state index in [4.69, 9.17) is 42.8 Å². The topological polar surface area (TPSA) is 77.9 Å². The van der Waals surface area contributed by atoms with Gasteiger partial charge in [0.2, 0.25) is 0 Å². The fourth-order valence-corrected chi connectivity index (χ4v) is 7.02. The summed E-state index contributed by atoms with van der Waals surface area (Å²) in [5, 5.41) is 15.4. The molecule has 2 aliphatic heterocycles. The molecule has 7 nitrogen and oxygen atoms in total. The summed E-state index contributed by atoms with van der Waals surface area (Å²) in [6.45, 7) is 6.87. The first kappa shape index (κ1) is 36.9. The Morgan fingerprint density at radius 1 is 0.980 bits per heavy atom. The Morgan fingerprint density at radius 2 is 1.69 bits per heavy atom. The van der Waals surface area contributed by atoms with Crippen molar-refractivity contribution in [2.45, 2.75) is 57.4 Å². The second-order valence-electron chi connectivity index (χ2n) is 12.1. The van der Waals surface area contributed by atoms with Crippen molar-refractivity contribution in [3.05, 3.63) is 98.8 Å². The third-order valence-corrected chi connectivity index (χ3v) is 10.2. The van der Waals surface area contributed by atoms with Gasteiger partial charge in [-0.1, -0.05) is 53.5 Å². The fraction of sp³-hybridized carbons (Fsp3) is 0.389. The molecule has 0 bridgehead atoms. The van der Waals surface area contributed by atoms with E-state index in [1.807, 2.05) is 12.1 Å². The van der Waals surface area contributed by atoms with Crippen molar-refractivity contribution in [2.24, 2.45) is 0 Å². The summed E-state index contributed by atoms with van der Waals surface area (Å²) in [6, 6.07) is 23.6. The lowest BCUT2D eigenvalue weighted by Crippen LogP contribution is -2.42. The van der Waals surface area contributed by atoms with Crippen LogP contribution in [-0.4, -0.2) is 66.0 Å². The van der Waals surface area contributed by atoms with E-state index in [0.717, 1.165) is 87.3 Å². The molecule has 4 aromatic rings.